The molecule has 1 unspecified atom stereocenters. The molecule has 1 atom stereocenters. The quantitative estimate of drug-likeness (QED) is 0.685. The number of anilines is 1. The minimum atomic E-state index is -0.340. The number of nitrogens with zero attached hydrogens (tertiary/aromatic N) is 1. The van der Waals surface area contributed by atoms with Gasteiger partial charge in [0.05, 0.1) is 0 Å². The highest BCUT2D eigenvalue weighted by atomic mass is 16.2. The number of para-hydroxylation sites is 1. The van der Waals surface area contributed by atoms with Crippen LogP contribution in [0.2, 0.25) is 0 Å². The molecule has 3 rings (SSSR count). The van der Waals surface area contributed by atoms with Crippen LogP contribution in [0.25, 0.3) is 0 Å². The van der Waals surface area contributed by atoms with E-state index in [0.717, 1.165) is 11.3 Å². The van der Waals surface area contributed by atoms with Gasteiger partial charge in [-0.2, -0.15) is 0 Å². The van der Waals surface area contributed by atoms with Crippen molar-refractivity contribution in [1.82, 2.24) is 5.32 Å². The molecule has 16 heavy (non-hydrogen) atoms. The zero-order valence-corrected chi connectivity index (χ0v) is 8.77. The lowest BCUT2D eigenvalue weighted by molar-refractivity contribution is -0.123. The smallest absolute Gasteiger partial charge is 0.243 e. The van der Waals surface area contributed by atoms with Gasteiger partial charge in [0, 0.05) is 25.1 Å². The van der Waals surface area contributed by atoms with Crippen LogP contribution in [0.3, 0.4) is 0 Å². The first-order chi connectivity index (χ1) is 7.77. The first-order valence-electron chi connectivity index (χ1n) is 5.45. The van der Waals surface area contributed by atoms with Crippen LogP contribution in [0.5, 0.6) is 0 Å². The maximum atomic E-state index is 11.9. The van der Waals surface area contributed by atoms with Gasteiger partial charge in [-0.3, -0.25) is 14.5 Å². The van der Waals surface area contributed by atoms with E-state index in [1.165, 1.54) is 0 Å². The van der Waals surface area contributed by atoms with Gasteiger partial charge in [0.2, 0.25) is 11.8 Å². The van der Waals surface area contributed by atoms with Crippen LogP contribution < -0.4 is 10.2 Å². The average Bonchev–Trinajstić information content (AvgIpc) is 2.61. The van der Waals surface area contributed by atoms with Gasteiger partial charge in [-0.05, 0) is 11.6 Å². The summed E-state index contributed by atoms with van der Waals surface area (Å²) in [5, 5.41) is 2.78. The van der Waals surface area contributed by atoms with Crippen LogP contribution >= 0.6 is 0 Å². The Bertz CT molecular complexity index is 470. The van der Waals surface area contributed by atoms with Gasteiger partial charge in [0.15, 0.2) is 0 Å². The Hall–Kier alpha value is -1.84. The summed E-state index contributed by atoms with van der Waals surface area (Å²) in [6.07, 6.45) is 1.02. The Morgan fingerprint density at radius 3 is 2.94 bits per heavy atom. The molecule has 1 aromatic rings. The monoisotopic (exact) mass is 216 g/mol. The van der Waals surface area contributed by atoms with Gasteiger partial charge in [-0.15, -0.1) is 0 Å². The van der Waals surface area contributed by atoms with Crippen molar-refractivity contribution in [3.05, 3.63) is 29.8 Å². The number of carbonyl (C=O) groups is 2. The molecule has 2 aliphatic rings. The SMILES string of the molecule is O=C1NCCC(=O)N2c3ccccc3CC12. The van der Waals surface area contributed by atoms with E-state index in [1.54, 1.807) is 4.90 Å². The number of carbonyl (C=O) groups excluding carboxylic acids is 2. The lowest BCUT2D eigenvalue weighted by atomic mass is 10.1. The molecule has 1 fully saturated rings. The molecule has 0 saturated carbocycles. The van der Waals surface area contributed by atoms with Crippen molar-refractivity contribution in [1.29, 1.82) is 0 Å². The van der Waals surface area contributed by atoms with E-state index in [9.17, 15) is 9.59 Å². The molecule has 2 aliphatic heterocycles. The highest BCUT2D eigenvalue weighted by molar-refractivity contribution is 6.04. The highest BCUT2D eigenvalue weighted by Gasteiger charge is 2.39. The van der Waals surface area contributed by atoms with Crippen LogP contribution in [0, 0.1) is 0 Å². The molecule has 1 saturated heterocycles. The van der Waals surface area contributed by atoms with Gasteiger partial charge >= 0.3 is 0 Å². The fourth-order valence-electron chi connectivity index (χ4n) is 2.43. The summed E-state index contributed by atoms with van der Waals surface area (Å²) in [4.78, 5) is 25.4. The molecule has 2 amide bonds. The maximum absolute atomic E-state index is 11.9. The molecule has 1 aromatic carbocycles. The van der Waals surface area contributed by atoms with E-state index in [-0.39, 0.29) is 17.9 Å². The minimum Gasteiger partial charge on any atom is -0.354 e. The molecule has 0 radical (unpaired) electrons. The van der Waals surface area contributed by atoms with Crippen molar-refractivity contribution in [3.8, 4) is 0 Å². The molecular formula is C12H12N2O2. The molecule has 0 bridgehead atoms. The predicted molar refractivity (Wildman–Crippen MR) is 59.0 cm³/mol. The second-order valence-electron chi connectivity index (χ2n) is 4.15. The van der Waals surface area contributed by atoms with E-state index in [0.29, 0.717) is 19.4 Å². The van der Waals surface area contributed by atoms with Crippen molar-refractivity contribution in [2.45, 2.75) is 18.9 Å². The second-order valence-corrected chi connectivity index (χ2v) is 4.15. The first-order valence-corrected chi connectivity index (χ1v) is 5.45. The highest BCUT2D eigenvalue weighted by Crippen LogP contribution is 2.33. The van der Waals surface area contributed by atoms with Crippen molar-refractivity contribution in [3.63, 3.8) is 0 Å². The van der Waals surface area contributed by atoms with Crippen molar-refractivity contribution in [2.75, 3.05) is 11.4 Å². The van der Waals surface area contributed by atoms with Crippen LogP contribution in [-0.2, 0) is 16.0 Å². The van der Waals surface area contributed by atoms with Crippen LogP contribution in [-0.4, -0.2) is 24.4 Å². The van der Waals surface area contributed by atoms with Gasteiger partial charge in [0.1, 0.15) is 6.04 Å². The van der Waals surface area contributed by atoms with Gasteiger partial charge < -0.3 is 5.32 Å². The summed E-state index contributed by atoms with van der Waals surface area (Å²) in [6.45, 7) is 0.451. The summed E-state index contributed by atoms with van der Waals surface area (Å²) in [7, 11) is 0. The third kappa shape index (κ3) is 1.23. The predicted octanol–water partition coefficient (Wildman–Crippen LogP) is 0.464. The second kappa shape index (κ2) is 3.33. The number of benzene rings is 1. The standard InChI is InChI=1S/C12H12N2O2/c15-11-5-6-13-12(16)10-7-8-3-1-2-4-9(8)14(10)11/h1-4,10H,5-7H2,(H,13,16). The summed E-state index contributed by atoms with van der Waals surface area (Å²) >= 11 is 0. The van der Waals surface area contributed by atoms with E-state index in [2.05, 4.69) is 5.32 Å². The number of fused-ring (bicyclic) bond motifs is 3. The van der Waals surface area contributed by atoms with Crippen LogP contribution in [0.1, 0.15) is 12.0 Å². The topological polar surface area (TPSA) is 49.4 Å². The maximum Gasteiger partial charge on any atom is 0.243 e. The number of amides is 2. The van der Waals surface area contributed by atoms with E-state index in [1.807, 2.05) is 24.3 Å². The molecule has 0 aliphatic carbocycles. The summed E-state index contributed by atoms with van der Waals surface area (Å²) < 4.78 is 0. The zero-order valence-electron chi connectivity index (χ0n) is 8.77. The molecule has 2 heterocycles. The molecule has 0 spiro atoms. The Morgan fingerprint density at radius 1 is 1.25 bits per heavy atom. The Labute approximate surface area is 93.2 Å². The Balaban J connectivity index is 2.09. The number of nitrogens with one attached hydrogen (secondary N) is 1. The van der Waals surface area contributed by atoms with Crippen molar-refractivity contribution in [2.24, 2.45) is 0 Å². The molecule has 1 N–H and O–H groups in total. The fraction of sp³-hybridized carbons (Fsp3) is 0.333. The Morgan fingerprint density at radius 2 is 2.06 bits per heavy atom. The number of rotatable bonds is 0. The van der Waals surface area contributed by atoms with Crippen molar-refractivity contribution >= 4 is 17.5 Å². The normalized spacial score (nSPS) is 23.5. The molecule has 82 valence electrons. The van der Waals surface area contributed by atoms with Crippen LogP contribution in [0.4, 0.5) is 5.69 Å². The summed E-state index contributed by atoms with van der Waals surface area (Å²) in [6, 6.07) is 7.38. The van der Waals surface area contributed by atoms with E-state index < -0.39 is 0 Å². The largest absolute Gasteiger partial charge is 0.354 e. The van der Waals surface area contributed by atoms with E-state index >= 15 is 0 Å². The summed E-state index contributed by atoms with van der Waals surface area (Å²) in [5.74, 6) is -0.00431. The van der Waals surface area contributed by atoms with Gasteiger partial charge in [0.25, 0.3) is 0 Å². The number of hydrogen-bond acceptors (Lipinski definition) is 2. The number of hydrogen-bond donors (Lipinski definition) is 1. The minimum absolute atomic E-state index is 0.0355. The average molecular weight is 216 g/mol. The summed E-state index contributed by atoms with van der Waals surface area (Å²) in [5.41, 5.74) is 1.98. The van der Waals surface area contributed by atoms with Gasteiger partial charge in [-0.1, -0.05) is 18.2 Å². The molecule has 4 nitrogen and oxygen atoms in total. The molecule has 4 heteroatoms. The zero-order chi connectivity index (χ0) is 11.1. The third-order valence-electron chi connectivity index (χ3n) is 3.19. The lowest BCUT2D eigenvalue weighted by Crippen LogP contribution is -2.44. The molecule has 0 aromatic heterocycles. The third-order valence-corrected chi connectivity index (χ3v) is 3.19. The molecular weight excluding hydrogens is 204 g/mol. The lowest BCUT2D eigenvalue weighted by Gasteiger charge is -2.21. The van der Waals surface area contributed by atoms with E-state index in [4.69, 9.17) is 0 Å². The first kappa shape index (κ1) is 9.39. The van der Waals surface area contributed by atoms with Gasteiger partial charge in [-0.25, -0.2) is 0 Å². The van der Waals surface area contributed by atoms with Crippen LogP contribution in [0.15, 0.2) is 24.3 Å². The van der Waals surface area contributed by atoms with Crippen molar-refractivity contribution < 1.29 is 9.59 Å². The Kier molecular flexibility index (Phi) is 1.96. The fourth-order valence-corrected chi connectivity index (χ4v) is 2.43.